The van der Waals surface area contributed by atoms with Crippen molar-refractivity contribution in [3.63, 3.8) is 0 Å². The number of likely N-dealkylation sites (N-methyl/N-ethyl adjacent to an activating group) is 1. The topological polar surface area (TPSA) is 45.5 Å². The predicted molar refractivity (Wildman–Crippen MR) is 85.5 cm³/mol. The van der Waals surface area contributed by atoms with Gasteiger partial charge < -0.3 is 9.73 Å². The number of nitrogens with one attached hydrogen (secondary N) is 1. The van der Waals surface area contributed by atoms with Crippen molar-refractivity contribution < 1.29 is 13.6 Å². The molecule has 5 heteroatoms. The molecule has 1 aromatic heterocycles. The summed E-state index contributed by atoms with van der Waals surface area (Å²) >= 11 is 0. The lowest BCUT2D eigenvalue weighted by atomic mass is 9.95. The van der Waals surface area contributed by atoms with E-state index in [0.717, 1.165) is 24.2 Å². The highest BCUT2D eigenvalue weighted by Gasteiger charge is 2.51. The predicted octanol–water partition coefficient (Wildman–Crippen LogP) is 2.87. The fourth-order valence-electron chi connectivity index (χ4n) is 2.92. The van der Waals surface area contributed by atoms with Gasteiger partial charge in [0.05, 0.1) is 17.7 Å². The Morgan fingerprint density at radius 3 is 2.52 bits per heavy atom. The SMILES string of the molecule is CN(C)[C@H](CNC(=O)C1(c2ccc(F)cc2)CC1)c1ccco1. The van der Waals surface area contributed by atoms with E-state index in [4.69, 9.17) is 4.42 Å². The highest BCUT2D eigenvalue weighted by atomic mass is 19.1. The minimum atomic E-state index is -0.492. The second kappa shape index (κ2) is 6.16. The number of amides is 1. The molecule has 1 amide bonds. The van der Waals surface area contributed by atoms with Crippen molar-refractivity contribution in [2.45, 2.75) is 24.3 Å². The summed E-state index contributed by atoms with van der Waals surface area (Å²) in [5.74, 6) is 0.542. The van der Waals surface area contributed by atoms with Crippen molar-refractivity contribution in [2.24, 2.45) is 0 Å². The average Bonchev–Trinajstić information content (AvgIpc) is 3.17. The fourth-order valence-corrected chi connectivity index (χ4v) is 2.92. The molecular formula is C18H21FN2O2. The summed E-state index contributed by atoms with van der Waals surface area (Å²) in [6.07, 6.45) is 3.24. The first kappa shape index (κ1) is 15.7. The molecule has 1 atom stereocenters. The minimum Gasteiger partial charge on any atom is -0.468 e. The number of nitrogens with zero attached hydrogens (tertiary/aromatic N) is 1. The number of hydrogen-bond donors (Lipinski definition) is 1. The molecular weight excluding hydrogens is 295 g/mol. The first-order valence-electron chi connectivity index (χ1n) is 7.77. The molecule has 0 saturated heterocycles. The van der Waals surface area contributed by atoms with Gasteiger partial charge in [-0.15, -0.1) is 0 Å². The van der Waals surface area contributed by atoms with Gasteiger partial charge >= 0.3 is 0 Å². The van der Waals surface area contributed by atoms with E-state index in [1.807, 2.05) is 31.1 Å². The zero-order chi connectivity index (χ0) is 16.4. The molecule has 1 saturated carbocycles. The van der Waals surface area contributed by atoms with E-state index in [1.54, 1.807) is 18.4 Å². The Hall–Kier alpha value is -2.14. The van der Waals surface area contributed by atoms with Crippen LogP contribution in [0.1, 0.15) is 30.2 Å². The highest BCUT2D eigenvalue weighted by molar-refractivity contribution is 5.91. The van der Waals surface area contributed by atoms with Gasteiger partial charge in [0, 0.05) is 6.54 Å². The van der Waals surface area contributed by atoms with Crippen LogP contribution in [0, 0.1) is 5.82 Å². The molecule has 122 valence electrons. The zero-order valence-electron chi connectivity index (χ0n) is 13.4. The Morgan fingerprint density at radius 2 is 2.00 bits per heavy atom. The molecule has 1 fully saturated rings. The Morgan fingerprint density at radius 1 is 1.30 bits per heavy atom. The summed E-state index contributed by atoms with van der Waals surface area (Å²) in [4.78, 5) is 14.7. The number of carbonyl (C=O) groups excluding carboxylic acids is 1. The van der Waals surface area contributed by atoms with Crippen LogP contribution >= 0.6 is 0 Å². The standard InChI is InChI=1S/C18H21FN2O2/c1-21(2)15(16-4-3-11-23-16)12-20-17(22)18(9-10-18)13-5-7-14(19)8-6-13/h3-8,11,15H,9-10,12H2,1-2H3,(H,20,22)/t15-/m1/s1. The first-order chi connectivity index (χ1) is 11.0. The van der Waals surface area contributed by atoms with Crippen LogP contribution in [0.4, 0.5) is 4.39 Å². The first-order valence-corrected chi connectivity index (χ1v) is 7.77. The molecule has 0 bridgehead atoms. The monoisotopic (exact) mass is 316 g/mol. The Balaban J connectivity index is 1.68. The molecule has 1 N–H and O–H groups in total. The number of hydrogen-bond acceptors (Lipinski definition) is 3. The average molecular weight is 316 g/mol. The van der Waals surface area contributed by atoms with Crippen molar-refractivity contribution >= 4 is 5.91 Å². The van der Waals surface area contributed by atoms with Crippen molar-refractivity contribution in [3.05, 3.63) is 59.8 Å². The van der Waals surface area contributed by atoms with Gasteiger partial charge in [-0.25, -0.2) is 4.39 Å². The van der Waals surface area contributed by atoms with Crippen LogP contribution in [0.2, 0.25) is 0 Å². The maximum Gasteiger partial charge on any atom is 0.230 e. The molecule has 1 aromatic carbocycles. The van der Waals surface area contributed by atoms with Gasteiger partial charge in [-0.2, -0.15) is 0 Å². The van der Waals surface area contributed by atoms with E-state index in [0.29, 0.717) is 6.54 Å². The lowest BCUT2D eigenvalue weighted by molar-refractivity contribution is -0.123. The van der Waals surface area contributed by atoms with Crippen LogP contribution in [0.15, 0.2) is 47.1 Å². The number of carbonyl (C=O) groups is 1. The molecule has 0 aliphatic heterocycles. The summed E-state index contributed by atoms with van der Waals surface area (Å²) in [5, 5.41) is 3.03. The largest absolute Gasteiger partial charge is 0.468 e. The number of rotatable bonds is 6. The van der Waals surface area contributed by atoms with E-state index in [2.05, 4.69) is 5.32 Å². The van der Waals surface area contributed by atoms with E-state index in [-0.39, 0.29) is 17.8 Å². The summed E-state index contributed by atoms with van der Waals surface area (Å²) in [6.45, 7) is 0.474. The summed E-state index contributed by atoms with van der Waals surface area (Å²) in [5.41, 5.74) is 0.393. The Kier molecular flexibility index (Phi) is 4.22. The fraction of sp³-hybridized carbons (Fsp3) is 0.389. The molecule has 1 heterocycles. The van der Waals surface area contributed by atoms with E-state index in [1.165, 1.54) is 12.1 Å². The Bertz CT molecular complexity index is 661. The molecule has 1 aliphatic rings. The van der Waals surface area contributed by atoms with Crippen LogP contribution in [-0.4, -0.2) is 31.4 Å². The molecule has 2 aromatic rings. The second-order valence-corrected chi connectivity index (χ2v) is 6.29. The lowest BCUT2D eigenvalue weighted by Gasteiger charge is -2.24. The van der Waals surface area contributed by atoms with Gasteiger partial charge in [-0.1, -0.05) is 12.1 Å². The molecule has 3 rings (SSSR count). The third-order valence-electron chi connectivity index (χ3n) is 4.53. The molecule has 0 unspecified atom stereocenters. The van der Waals surface area contributed by atoms with Crippen molar-refractivity contribution in [1.82, 2.24) is 10.2 Å². The Labute approximate surface area is 135 Å². The van der Waals surface area contributed by atoms with E-state index >= 15 is 0 Å². The van der Waals surface area contributed by atoms with Crippen molar-refractivity contribution in [1.29, 1.82) is 0 Å². The third-order valence-corrected chi connectivity index (χ3v) is 4.53. The smallest absolute Gasteiger partial charge is 0.230 e. The maximum absolute atomic E-state index is 13.1. The van der Waals surface area contributed by atoms with Gasteiger partial charge in [-0.3, -0.25) is 9.69 Å². The molecule has 23 heavy (non-hydrogen) atoms. The van der Waals surface area contributed by atoms with Crippen LogP contribution in [0.3, 0.4) is 0 Å². The van der Waals surface area contributed by atoms with Crippen LogP contribution in [0.25, 0.3) is 0 Å². The second-order valence-electron chi connectivity index (χ2n) is 6.29. The van der Waals surface area contributed by atoms with Crippen molar-refractivity contribution in [3.8, 4) is 0 Å². The quantitative estimate of drug-likeness (QED) is 0.891. The van der Waals surface area contributed by atoms with Crippen LogP contribution < -0.4 is 5.32 Å². The number of halogens is 1. The lowest BCUT2D eigenvalue weighted by Crippen LogP contribution is -2.40. The minimum absolute atomic E-state index is 0.00233. The van der Waals surface area contributed by atoms with Crippen LogP contribution in [0.5, 0.6) is 0 Å². The van der Waals surface area contributed by atoms with Gasteiger partial charge in [0.2, 0.25) is 5.91 Å². The van der Waals surface area contributed by atoms with Crippen LogP contribution in [-0.2, 0) is 10.2 Å². The summed E-state index contributed by atoms with van der Waals surface area (Å²) in [6, 6.07) is 9.97. The zero-order valence-corrected chi connectivity index (χ0v) is 13.4. The number of benzene rings is 1. The van der Waals surface area contributed by atoms with Gasteiger partial charge in [0.25, 0.3) is 0 Å². The van der Waals surface area contributed by atoms with Crippen molar-refractivity contribution in [2.75, 3.05) is 20.6 Å². The molecule has 0 spiro atoms. The maximum atomic E-state index is 13.1. The normalized spacial score (nSPS) is 17.0. The van der Waals surface area contributed by atoms with E-state index in [9.17, 15) is 9.18 Å². The molecule has 0 radical (unpaired) electrons. The summed E-state index contributed by atoms with van der Waals surface area (Å²) < 4.78 is 18.5. The number of furan rings is 1. The highest BCUT2D eigenvalue weighted by Crippen LogP contribution is 2.48. The molecule has 4 nitrogen and oxygen atoms in total. The van der Waals surface area contributed by atoms with Gasteiger partial charge in [0.1, 0.15) is 11.6 Å². The van der Waals surface area contributed by atoms with E-state index < -0.39 is 5.41 Å². The van der Waals surface area contributed by atoms with Gasteiger partial charge in [-0.05, 0) is 56.8 Å². The third kappa shape index (κ3) is 3.15. The summed E-state index contributed by atoms with van der Waals surface area (Å²) in [7, 11) is 3.90. The van der Waals surface area contributed by atoms with Gasteiger partial charge in [0.15, 0.2) is 0 Å². The molecule has 1 aliphatic carbocycles.